The van der Waals surface area contributed by atoms with Crippen LogP contribution in [0.25, 0.3) is 10.8 Å². The van der Waals surface area contributed by atoms with Gasteiger partial charge in [-0.2, -0.15) is 0 Å². The predicted octanol–water partition coefficient (Wildman–Crippen LogP) is 4.05. The standard InChI is InChI=1S/C21H17N5O3.ClH/c22-16-5-6-18(15-4-2-1-3-14(15)16)29-12-13-7-8-23-19(9-13)26-20-11-24-17(10-25-20)21(27)28;/h1-11H,12,22H2,(H,27,28)(H,23,25,26);1H. The van der Waals surface area contributed by atoms with Crippen LogP contribution in [-0.4, -0.2) is 26.0 Å². The lowest BCUT2D eigenvalue weighted by atomic mass is 10.1. The monoisotopic (exact) mass is 423 g/mol. The molecule has 0 unspecified atom stereocenters. The predicted molar refractivity (Wildman–Crippen MR) is 116 cm³/mol. The second-order valence-corrected chi connectivity index (χ2v) is 6.25. The molecule has 0 amide bonds. The van der Waals surface area contributed by atoms with Crippen molar-refractivity contribution < 1.29 is 14.6 Å². The third-order valence-corrected chi connectivity index (χ3v) is 4.26. The zero-order chi connectivity index (χ0) is 20.2. The fraction of sp³-hybridized carbons (Fsp3) is 0.0476. The minimum absolute atomic E-state index is 0. The van der Waals surface area contributed by atoms with Crippen molar-refractivity contribution in [3.05, 3.63) is 78.4 Å². The minimum Gasteiger partial charge on any atom is -0.488 e. The lowest BCUT2D eigenvalue weighted by molar-refractivity contribution is 0.0690. The first-order chi connectivity index (χ1) is 14.1. The van der Waals surface area contributed by atoms with Gasteiger partial charge in [0.05, 0.1) is 12.4 Å². The first-order valence-electron chi connectivity index (χ1n) is 8.77. The van der Waals surface area contributed by atoms with Crippen molar-refractivity contribution in [2.24, 2.45) is 0 Å². The Labute approximate surface area is 178 Å². The minimum atomic E-state index is -1.13. The Morgan fingerprint density at radius 3 is 2.53 bits per heavy atom. The van der Waals surface area contributed by atoms with E-state index in [0.717, 1.165) is 22.1 Å². The Balaban J connectivity index is 0.00000256. The van der Waals surface area contributed by atoms with E-state index in [2.05, 4.69) is 20.3 Å². The SMILES string of the molecule is Cl.Nc1ccc(OCc2ccnc(Nc3cnc(C(=O)O)cn3)c2)c2ccccc12. The number of nitrogens with one attached hydrogen (secondary N) is 1. The summed E-state index contributed by atoms with van der Waals surface area (Å²) in [5.41, 5.74) is 7.52. The number of rotatable bonds is 6. The highest BCUT2D eigenvalue weighted by atomic mass is 35.5. The van der Waals surface area contributed by atoms with Crippen LogP contribution < -0.4 is 15.8 Å². The van der Waals surface area contributed by atoms with E-state index in [4.69, 9.17) is 15.6 Å². The molecule has 0 saturated heterocycles. The number of nitrogens with zero attached hydrogens (tertiary/aromatic N) is 3. The van der Waals surface area contributed by atoms with Gasteiger partial charge in [-0.1, -0.05) is 24.3 Å². The molecule has 0 saturated carbocycles. The number of carbonyl (C=O) groups is 1. The Bertz CT molecular complexity index is 1180. The van der Waals surface area contributed by atoms with Crippen molar-refractivity contribution in [2.75, 3.05) is 11.1 Å². The number of fused-ring (bicyclic) bond motifs is 1. The molecule has 9 heteroatoms. The zero-order valence-corrected chi connectivity index (χ0v) is 16.5. The van der Waals surface area contributed by atoms with E-state index in [9.17, 15) is 4.79 Å². The van der Waals surface area contributed by atoms with Crippen LogP contribution in [-0.2, 0) is 6.61 Å². The molecule has 0 aliphatic heterocycles. The average molecular weight is 424 g/mol. The molecule has 8 nitrogen and oxygen atoms in total. The highest BCUT2D eigenvalue weighted by Gasteiger charge is 2.07. The number of carboxylic acid groups (broad SMARTS) is 1. The molecule has 4 N–H and O–H groups in total. The highest BCUT2D eigenvalue weighted by molar-refractivity contribution is 5.97. The molecule has 4 rings (SSSR count). The van der Waals surface area contributed by atoms with Crippen LogP contribution in [0.3, 0.4) is 0 Å². The number of halogens is 1. The van der Waals surface area contributed by atoms with Crippen LogP contribution in [0.5, 0.6) is 5.75 Å². The van der Waals surface area contributed by atoms with Gasteiger partial charge in [-0.3, -0.25) is 0 Å². The van der Waals surface area contributed by atoms with Gasteiger partial charge >= 0.3 is 5.97 Å². The average Bonchev–Trinajstić information content (AvgIpc) is 2.74. The van der Waals surface area contributed by atoms with Crippen molar-refractivity contribution in [3.8, 4) is 5.75 Å². The van der Waals surface area contributed by atoms with Gasteiger partial charge in [-0.15, -0.1) is 12.4 Å². The van der Waals surface area contributed by atoms with Crippen LogP contribution >= 0.6 is 12.4 Å². The van der Waals surface area contributed by atoms with Crippen LogP contribution in [0.2, 0.25) is 0 Å². The number of hydrogen-bond acceptors (Lipinski definition) is 7. The molecule has 0 bridgehead atoms. The van der Waals surface area contributed by atoms with Crippen LogP contribution in [0, 0.1) is 0 Å². The topological polar surface area (TPSA) is 123 Å². The molecule has 0 aliphatic rings. The molecule has 0 atom stereocenters. The Morgan fingerprint density at radius 2 is 1.80 bits per heavy atom. The fourth-order valence-electron chi connectivity index (χ4n) is 2.85. The van der Waals surface area contributed by atoms with Crippen molar-refractivity contribution >= 4 is 46.5 Å². The number of nitrogen functional groups attached to an aromatic ring is 1. The summed E-state index contributed by atoms with van der Waals surface area (Å²) in [4.78, 5) is 22.9. The number of ether oxygens (including phenoxy) is 1. The van der Waals surface area contributed by atoms with E-state index in [1.165, 1.54) is 12.4 Å². The van der Waals surface area contributed by atoms with Crippen LogP contribution in [0.15, 0.2) is 67.1 Å². The summed E-state index contributed by atoms with van der Waals surface area (Å²) >= 11 is 0. The number of aromatic nitrogens is 3. The van der Waals surface area contributed by atoms with Gasteiger partial charge in [0.25, 0.3) is 0 Å². The number of carboxylic acids is 1. The number of benzene rings is 2. The van der Waals surface area contributed by atoms with Gasteiger partial charge in [0.2, 0.25) is 0 Å². The molecule has 0 aliphatic carbocycles. The zero-order valence-electron chi connectivity index (χ0n) is 15.6. The maximum absolute atomic E-state index is 10.8. The van der Waals surface area contributed by atoms with Crippen molar-refractivity contribution in [3.63, 3.8) is 0 Å². The first-order valence-corrected chi connectivity index (χ1v) is 8.77. The second-order valence-electron chi connectivity index (χ2n) is 6.25. The van der Waals surface area contributed by atoms with E-state index in [1.54, 1.807) is 6.20 Å². The maximum atomic E-state index is 10.8. The Hall–Kier alpha value is -3.91. The number of anilines is 3. The fourth-order valence-corrected chi connectivity index (χ4v) is 2.85. The Kier molecular flexibility index (Phi) is 6.29. The second kappa shape index (κ2) is 9.06. The molecule has 30 heavy (non-hydrogen) atoms. The van der Waals surface area contributed by atoms with E-state index < -0.39 is 5.97 Å². The lowest BCUT2D eigenvalue weighted by Crippen LogP contribution is -2.04. The number of hydrogen-bond donors (Lipinski definition) is 3. The lowest BCUT2D eigenvalue weighted by Gasteiger charge is -2.12. The number of nitrogens with two attached hydrogens (primary N) is 1. The third kappa shape index (κ3) is 4.56. The molecular formula is C21H18ClN5O3. The molecule has 0 fully saturated rings. The molecule has 2 aromatic heterocycles. The molecule has 2 heterocycles. The van der Waals surface area contributed by atoms with E-state index in [1.807, 2.05) is 48.5 Å². The van der Waals surface area contributed by atoms with E-state index >= 15 is 0 Å². The van der Waals surface area contributed by atoms with Crippen LogP contribution in [0.1, 0.15) is 16.1 Å². The molecule has 0 spiro atoms. The Morgan fingerprint density at radius 1 is 1.00 bits per heavy atom. The molecular weight excluding hydrogens is 406 g/mol. The molecule has 0 radical (unpaired) electrons. The van der Waals surface area contributed by atoms with Gasteiger partial charge in [0.1, 0.15) is 24.0 Å². The van der Waals surface area contributed by atoms with Crippen molar-refractivity contribution in [1.29, 1.82) is 0 Å². The normalized spacial score (nSPS) is 10.3. The summed E-state index contributed by atoms with van der Waals surface area (Å²) in [6.07, 6.45) is 4.18. The van der Waals surface area contributed by atoms with Gasteiger partial charge in [0, 0.05) is 22.7 Å². The van der Waals surface area contributed by atoms with Gasteiger partial charge in [-0.25, -0.2) is 19.7 Å². The smallest absolute Gasteiger partial charge is 0.356 e. The van der Waals surface area contributed by atoms with Gasteiger partial charge in [0.15, 0.2) is 5.69 Å². The summed E-state index contributed by atoms with van der Waals surface area (Å²) in [7, 11) is 0. The summed E-state index contributed by atoms with van der Waals surface area (Å²) in [6.45, 7) is 0.342. The molecule has 152 valence electrons. The summed E-state index contributed by atoms with van der Waals surface area (Å²) in [5, 5.41) is 13.8. The van der Waals surface area contributed by atoms with Crippen molar-refractivity contribution in [1.82, 2.24) is 15.0 Å². The largest absolute Gasteiger partial charge is 0.488 e. The number of aromatic carboxylic acids is 1. The summed E-state index contributed by atoms with van der Waals surface area (Å²) in [5.74, 6) is 0.559. The quantitative estimate of drug-likeness (QED) is 0.397. The number of pyridine rings is 1. The maximum Gasteiger partial charge on any atom is 0.356 e. The third-order valence-electron chi connectivity index (χ3n) is 4.26. The van der Waals surface area contributed by atoms with Gasteiger partial charge in [-0.05, 0) is 29.8 Å². The van der Waals surface area contributed by atoms with E-state index in [-0.39, 0.29) is 18.1 Å². The van der Waals surface area contributed by atoms with E-state index in [0.29, 0.717) is 23.9 Å². The van der Waals surface area contributed by atoms with Crippen molar-refractivity contribution in [2.45, 2.75) is 6.61 Å². The summed E-state index contributed by atoms with van der Waals surface area (Å²) < 4.78 is 6.00. The summed E-state index contributed by atoms with van der Waals surface area (Å²) in [6, 6.07) is 15.2. The molecule has 4 aromatic rings. The highest BCUT2D eigenvalue weighted by Crippen LogP contribution is 2.30. The first kappa shape index (κ1) is 20.8. The van der Waals surface area contributed by atoms with Gasteiger partial charge < -0.3 is 20.9 Å². The molecule has 2 aromatic carbocycles. The van der Waals surface area contributed by atoms with Crippen LogP contribution in [0.4, 0.5) is 17.3 Å².